The van der Waals surface area contributed by atoms with Crippen LogP contribution in [0.25, 0.3) is 0 Å². The van der Waals surface area contributed by atoms with Gasteiger partial charge in [0.05, 0.1) is 11.6 Å². The third kappa shape index (κ3) is 2.33. The number of carbonyl (C=O) groups excluding carboxylic acids is 1. The zero-order valence-corrected chi connectivity index (χ0v) is 10.2. The first kappa shape index (κ1) is 11.7. The molecule has 1 aliphatic rings. The van der Waals surface area contributed by atoms with Crippen molar-refractivity contribution >= 4 is 5.91 Å². The summed E-state index contributed by atoms with van der Waals surface area (Å²) in [6.45, 7) is 4.98. The lowest BCUT2D eigenvalue weighted by molar-refractivity contribution is 0.0705. The van der Waals surface area contributed by atoms with Crippen molar-refractivity contribution in [2.75, 3.05) is 13.1 Å². The van der Waals surface area contributed by atoms with Crippen molar-refractivity contribution in [3.05, 3.63) is 23.2 Å². The zero-order chi connectivity index (χ0) is 12.4. The first-order valence-corrected chi connectivity index (χ1v) is 5.87. The maximum absolute atomic E-state index is 12.2. The topological polar surface area (TPSA) is 57.2 Å². The maximum atomic E-state index is 12.2. The Bertz CT molecular complexity index is 462. The second-order valence-electron chi connectivity index (χ2n) is 4.52. The lowest BCUT2D eigenvalue weighted by atomic mass is 9.98. The Balaban J connectivity index is 2.07. The van der Waals surface area contributed by atoms with Crippen molar-refractivity contribution in [3.8, 4) is 6.07 Å². The van der Waals surface area contributed by atoms with Crippen LogP contribution in [0, 0.1) is 31.1 Å². The standard InChI is InChI=1S/C13H16N2O2/c1-9-7-12(10(2)17-9)13(16)15-5-3-11(8-14)4-6-15/h7,11H,3-6H2,1-2H3. The summed E-state index contributed by atoms with van der Waals surface area (Å²) in [7, 11) is 0. The molecule has 0 aromatic carbocycles. The Morgan fingerprint density at radius 3 is 2.59 bits per heavy atom. The minimum atomic E-state index is 0.0238. The van der Waals surface area contributed by atoms with E-state index in [4.69, 9.17) is 9.68 Å². The maximum Gasteiger partial charge on any atom is 0.257 e. The molecular formula is C13H16N2O2. The van der Waals surface area contributed by atoms with Gasteiger partial charge in [-0.1, -0.05) is 0 Å². The van der Waals surface area contributed by atoms with Gasteiger partial charge in [-0.05, 0) is 32.8 Å². The fourth-order valence-electron chi connectivity index (χ4n) is 2.23. The number of aryl methyl sites for hydroxylation is 2. The van der Waals surface area contributed by atoms with Crippen LogP contribution in [0.5, 0.6) is 0 Å². The number of carbonyl (C=O) groups is 1. The van der Waals surface area contributed by atoms with Crippen LogP contribution >= 0.6 is 0 Å². The SMILES string of the molecule is Cc1cc(C(=O)N2CCC(C#N)CC2)c(C)o1. The quantitative estimate of drug-likeness (QED) is 0.746. The molecule has 0 saturated carbocycles. The van der Waals surface area contributed by atoms with Crippen molar-refractivity contribution in [2.45, 2.75) is 26.7 Å². The number of furan rings is 1. The van der Waals surface area contributed by atoms with Crippen LogP contribution < -0.4 is 0 Å². The molecule has 0 bridgehead atoms. The van der Waals surface area contributed by atoms with E-state index in [0.717, 1.165) is 18.6 Å². The first-order chi connectivity index (χ1) is 8.11. The monoisotopic (exact) mass is 232 g/mol. The molecule has 0 radical (unpaired) electrons. The van der Waals surface area contributed by atoms with E-state index in [-0.39, 0.29) is 11.8 Å². The molecule has 1 aliphatic heterocycles. The molecule has 0 aliphatic carbocycles. The third-order valence-corrected chi connectivity index (χ3v) is 3.24. The van der Waals surface area contributed by atoms with Gasteiger partial charge in [-0.15, -0.1) is 0 Å². The number of amides is 1. The summed E-state index contributed by atoms with van der Waals surface area (Å²) in [5.74, 6) is 1.56. The van der Waals surface area contributed by atoms with Gasteiger partial charge in [0.1, 0.15) is 11.5 Å². The molecule has 4 heteroatoms. The molecule has 17 heavy (non-hydrogen) atoms. The van der Waals surface area contributed by atoms with E-state index in [2.05, 4.69) is 6.07 Å². The van der Waals surface area contributed by atoms with E-state index in [9.17, 15) is 4.79 Å². The van der Waals surface area contributed by atoms with Crippen LogP contribution in [0.15, 0.2) is 10.5 Å². The number of likely N-dealkylation sites (tertiary alicyclic amines) is 1. The second kappa shape index (κ2) is 4.62. The Labute approximate surface area is 101 Å². The van der Waals surface area contributed by atoms with Gasteiger partial charge in [-0.2, -0.15) is 5.26 Å². The van der Waals surface area contributed by atoms with E-state index in [1.807, 2.05) is 18.7 Å². The van der Waals surface area contributed by atoms with Gasteiger partial charge in [0.2, 0.25) is 0 Å². The van der Waals surface area contributed by atoms with Crippen LogP contribution in [0.1, 0.15) is 34.7 Å². The molecule has 1 amide bonds. The molecule has 0 atom stereocenters. The molecule has 2 rings (SSSR count). The highest BCUT2D eigenvalue weighted by Gasteiger charge is 2.25. The summed E-state index contributed by atoms with van der Waals surface area (Å²) in [5.41, 5.74) is 0.651. The lowest BCUT2D eigenvalue weighted by Crippen LogP contribution is -2.38. The Hall–Kier alpha value is -1.76. The summed E-state index contributed by atoms with van der Waals surface area (Å²) < 4.78 is 5.37. The van der Waals surface area contributed by atoms with Crippen molar-refractivity contribution in [1.29, 1.82) is 5.26 Å². The Morgan fingerprint density at radius 1 is 1.47 bits per heavy atom. The zero-order valence-electron chi connectivity index (χ0n) is 10.2. The summed E-state index contributed by atoms with van der Waals surface area (Å²) in [6, 6.07) is 4.05. The predicted octanol–water partition coefficient (Wildman–Crippen LogP) is 2.27. The van der Waals surface area contributed by atoms with E-state index in [1.54, 1.807) is 6.07 Å². The average Bonchev–Trinajstić information content (AvgIpc) is 2.68. The summed E-state index contributed by atoms with van der Waals surface area (Å²) in [6.07, 6.45) is 1.55. The molecule has 90 valence electrons. The molecule has 1 aromatic rings. The minimum absolute atomic E-state index is 0.0238. The fraction of sp³-hybridized carbons (Fsp3) is 0.538. The van der Waals surface area contributed by atoms with Crippen LogP contribution in [0.3, 0.4) is 0 Å². The van der Waals surface area contributed by atoms with Gasteiger partial charge in [0.15, 0.2) is 0 Å². The number of piperidine rings is 1. The van der Waals surface area contributed by atoms with Gasteiger partial charge in [0, 0.05) is 19.0 Å². The van der Waals surface area contributed by atoms with Crippen LogP contribution in [0.2, 0.25) is 0 Å². The molecule has 1 saturated heterocycles. The molecule has 4 nitrogen and oxygen atoms in total. The van der Waals surface area contributed by atoms with E-state index in [1.165, 1.54) is 0 Å². The summed E-state index contributed by atoms with van der Waals surface area (Å²) in [5, 5.41) is 8.81. The van der Waals surface area contributed by atoms with Gasteiger partial charge in [-0.3, -0.25) is 4.79 Å². The Morgan fingerprint density at radius 2 is 2.12 bits per heavy atom. The molecule has 0 unspecified atom stereocenters. The van der Waals surface area contributed by atoms with Gasteiger partial charge in [0.25, 0.3) is 5.91 Å². The van der Waals surface area contributed by atoms with Crippen LogP contribution in [-0.4, -0.2) is 23.9 Å². The smallest absolute Gasteiger partial charge is 0.257 e. The van der Waals surface area contributed by atoms with E-state index >= 15 is 0 Å². The predicted molar refractivity (Wildman–Crippen MR) is 62.4 cm³/mol. The van der Waals surface area contributed by atoms with Crippen molar-refractivity contribution in [3.63, 3.8) is 0 Å². The Kier molecular flexibility index (Phi) is 3.19. The highest BCUT2D eigenvalue weighted by molar-refractivity contribution is 5.95. The third-order valence-electron chi connectivity index (χ3n) is 3.24. The van der Waals surface area contributed by atoms with Crippen molar-refractivity contribution in [2.24, 2.45) is 5.92 Å². The van der Waals surface area contributed by atoms with Crippen LogP contribution in [-0.2, 0) is 0 Å². The summed E-state index contributed by atoms with van der Waals surface area (Å²) >= 11 is 0. The molecule has 1 aromatic heterocycles. The van der Waals surface area contributed by atoms with Crippen molar-refractivity contribution < 1.29 is 9.21 Å². The average molecular weight is 232 g/mol. The number of rotatable bonds is 1. The van der Waals surface area contributed by atoms with Crippen LogP contribution in [0.4, 0.5) is 0 Å². The van der Waals surface area contributed by atoms with E-state index in [0.29, 0.717) is 24.4 Å². The van der Waals surface area contributed by atoms with Gasteiger partial charge >= 0.3 is 0 Å². The van der Waals surface area contributed by atoms with E-state index < -0.39 is 0 Å². The highest BCUT2D eigenvalue weighted by Crippen LogP contribution is 2.21. The first-order valence-electron chi connectivity index (χ1n) is 5.87. The van der Waals surface area contributed by atoms with Gasteiger partial charge in [-0.25, -0.2) is 0 Å². The summed E-state index contributed by atoms with van der Waals surface area (Å²) in [4.78, 5) is 14.0. The normalized spacial score (nSPS) is 16.9. The highest BCUT2D eigenvalue weighted by atomic mass is 16.3. The molecule has 1 fully saturated rings. The largest absolute Gasteiger partial charge is 0.466 e. The minimum Gasteiger partial charge on any atom is -0.466 e. The number of hydrogen-bond donors (Lipinski definition) is 0. The fourth-order valence-corrected chi connectivity index (χ4v) is 2.23. The van der Waals surface area contributed by atoms with Gasteiger partial charge < -0.3 is 9.32 Å². The number of hydrogen-bond acceptors (Lipinski definition) is 3. The lowest BCUT2D eigenvalue weighted by Gasteiger charge is -2.28. The molecular weight excluding hydrogens is 216 g/mol. The molecule has 0 N–H and O–H groups in total. The molecule has 2 heterocycles. The van der Waals surface area contributed by atoms with Crippen molar-refractivity contribution in [1.82, 2.24) is 4.90 Å². The second-order valence-corrected chi connectivity index (χ2v) is 4.52. The molecule has 0 spiro atoms. The number of nitriles is 1. The number of nitrogens with zero attached hydrogens (tertiary/aromatic N) is 2.